The highest BCUT2D eigenvalue weighted by Gasteiger charge is 2.39. The number of likely N-dealkylation sites (N-methyl/N-ethyl adjacent to an activating group) is 1. The molecule has 0 bridgehead atoms. The van der Waals surface area contributed by atoms with Crippen molar-refractivity contribution in [2.24, 2.45) is 4.99 Å². The number of rotatable bonds is 6. The summed E-state index contributed by atoms with van der Waals surface area (Å²) in [6.45, 7) is 0.743. The first-order chi connectivity index (χ1) is 17.9. The van der Waals surface area contributed by atoms with E-state index in [2.05, 4.69) is 22.3 Å². The van der Waals surface area contributed by atoms with Crippen LogP contribution in [-0.2, 0) is 16.1 Å². The summed E-state index contributed by atoms with van der Waals surface area (Å²) in [6, 6.07) is 25.4. The van der Waals surface area contributed by atoms with Crippen molar-refractivity contribution >= 4 is 57.6 Å². The predicted molar refractivity (Wildman–Crippen MR) is 153 cm³/mol. The summed E-state index contributed by atoms with van der Waals surface area (Å²) in [4.78, 5) is 38.1. The fourth-order valence-electron chi connectivity index (χ4n) is 4.04. The molecule has 3 aromatic carbocycles. The molecular weight excluding hydrogens is 502 g/mol. The van der Waals surface area contributed by atoms with Crippen molar-refractivity contribution < 1.29 is 9.59 Å². The maximum absolute atomic E-state index is 13.7. The number of carbonyl (C=O) groups is 2. The van der Waals surface area contributed by atoms with Gasteiger partial charge in [-0.2, -0.15) is 0 Å². The van der Waals surface area contributed by atoms with Gasteiger partial charge in [-0.25, -0.2) is 4.99 Å². The normalized spacial score (nSPS) is 18.2. The number of hydrogen-bond donors (Lipinski definition) is 1. The third-order valence-electron chi connectivity index (χ3n) is 5.81. The monoisotopic (exact) mass is 529 g/mol. The molecule has 37 heavy (non-hydrogen) atoms. The van der Waals surface area contributed by atoms with E-state index in [0.717, 1.165) is 21.2 Å². The molecule has 0 unspecified atom stereocenters. The molecule has 2 aliphatic rings. The van der Waals surface area contributed by atoms with Crippen molar-refractivity contribution in [3.63, 3.8) is 0 Å². The highest BCUT2D eigenvalue weighted by Crippen LogP contribution is 2.50. The van der Waals surface area contributed by atoms with Gasteiger partial charge < -0.3 is 15.1 Å². The topological polar surface area (TPSA) is 68.2 Å². The Kier molecular flexibility index (Phi) is 7.36. The van der Waals surface area contributed by atoms with Gasteiger partial charge in [-0.05, 0) is 67.8 Å². The van der Waals surface area contributed by atoms with Gasteiger partial charge in [0.05, 0.1) is 29.5 Å². The van der Waals surface area contributed by atoms with Crippen molar-refractivity contribution in [1.29, 1.82) is 0 Å². The van der Waals surface area contributed by atoms with E-state index in [-0.39, 0.29) is 11.8 Å². The smallest absolute Gasteiger partial charge is 0.269 e. The maximum atomic E-state index is 13.7. The molecule has 2 amide bonds. The minimum Gasteiger partial charge on any atom is -0.337 e. The molecule has 7 nitrogen and oxygen atoms in total. The quantitative estimate of drug-likeness (QED) is 0.434. The molecule has 5 rings (SSSR count). The van der Waals surface area contributed by atoms with Gasteiger partial charge in [0.25, 0.3) is 5.91 Å². The summed E-state index contributed by atoms with van der Waals surface area (Å²) in [5, 5.41) is 4.43. The fourth-order valence-corrected chi connectivity index (χ4v) is 6.38. The maximum Gasteiger partial charge on any atom is 0.269 e. The summed E-state index contributed by atoms with van der Waals surface area (Å²) in [5.74, 6) is -0.132. The Morgan fingerprint density at radius 3 is 2.35 bits per heavy atom. The van der Waals surface area contributed by atoms with Crippen LogP contribution in [0, 0.1) is 0 Å². The van der Waals surface area contributed by atoms with Gasteiger partial charge in [-0.3, -0.25) is 14.5 Å². The number of nitrogens with one attached hydrogen (secondary N) is 1. The van der Waals surface area contributed by atoms with Gasteiger partial charge in [0, 0.05) is 17.6 Å². The molecule has 9 heteroatoms. The van der Waals surface area contributed by atoms with E-state index >= 15 is 0 Å². The molecule has 0 aromatic heterocycles. The van der Waals surface area contributed by atoms with Crippen molar-refractivity contribution in [2.75, 3.05) is 37.9 Å². The summed E-state index contributed by atoms with van der Waals surface area (Å²) in [6.07, 6.45) is 0. The second-order valence-corrected chi connectivity index (χ2v) is 11.0. The highest BCUT2D eigenvalue weighted by atomic mass is 32.2. The molecule has 188 valence electrons. The Labute approximate surface area is 225 Å². The zero-order chi connectivity index (χ0) is 25.9. The van der Waals surface area contributed by atoms with Gasteiger partial charge in [-0.15, -0.1) is 0 Å². The van der Waals surface area contributed by atoms with Crippen LogP contribution < -0.4 is 10.2 Å². The van der Waals surface area contributed by atoms with Crippen molar-refractivity contribution in [3.05, 3.63) is 94.4 Å². The lowest BCUT2D eigenvalue weighted by molar-refractivity contribution is -0.122. The summed E-state index contributed by atoms with van der Waals surface area (Å²) < 4.78 is 0. The molecule has 0 aliphatic carbocycles. The van der Waals surface area contributed by atoms with E-state index in [9.17, 15) is 9.59 Å². The molecule has 1 saturated heterocycles. The van der Waals surface area contributed by atoms with E-state index in [4.69, 9.17) is 4.99 Å². The van der Waals surface area contributed by atoms with Gasteiger partial charge in [0.1, 0.15) is 4.91 Å². The van der Waals surface area contributed by atoms with E-state index in [1.54, 1.807) is 16.7 Å². The van der Waals surface area contributed by atoms with Crippen LogP contribution in [0.4, 0.5) is 17.1 Å². The molecule has 0 spiro atoms. The lowest BCUT2D eigenvalue weighted by Gasteiger charge is -2.17. The number of benzene rings is 3. The first-order valence-electron chi connectivity index (χ1n) is 11.8. The average Bonchev–Trinajstić information content (AvgIpc) is 3.37. The lowest BCUT2D eigenvalue weighted by Crippen LogP contribution is -2.29. The Hall–Kier alpha value is -3.53. The Morgan fingerprint density at radius 1 is 0.946 bits per heavy atom. The second kappa shape index (κ2) is 10.8. The van der Waals surface area contributed by atoms with Gasteiger partial charge in [0.2, 0.25) is 5.91 Å². The largest absolute Gasteiger partial charge is 0.337 e. The number of carbonyl (C=O) groups excluding carboxylic acids is 2. The Morgan fingerprint density at radius 2 is 1.65 bits per heavy atom. The minimum absolute atomic E-state index is 0.0534. The predicted octanol–water partition coefficient (Wildman–Crippen LogP) is 5.36. The summed E-state index contributed by atoms with van der Waals surface area (Å²) >= 11 is 3.01. The van der Waals surface area contributed by atoms with Crippen molar-refractivity contribution in [2.45, 2.75) is 11.4 Å². The van der Waals surface area contributed by atoms with Gasteiger partial charge >= 0.3 is 0 Å². The van der Waals surface area contributed by atoms with Crippen LogP contribution in [-0.4, -0.2) is 54.5 Å². The molecule has 2 heterocycles. The molecular formula is C28H27N5O2S2. The SMILES string of the molecule is CN(C)CC(=O)Nc1ccc(/N=C2\S/C(=C3\Sc4ccccc4N3C)C(=O)N2Cc2ccccc2)cc1. The number of nitrogens with zero attached hydrogens (tertiary/aromatic N) is 4. The highest BCUT2D eigenvalue weighted by molar-refractivity contribution is 8.19. The van der Waals surface area contributed by atoms with Crippen LogP contribution in [0.15, 0.2) is 98.7 Å². The number of hydrogen-bond acceptors (Lipinski definition) is 7. The molecule has 0 saturated carbocycles. The van der Waals surface area contributed by atoms with Crippen LogP contribution in [0.25, 0.3) is 0 Å². The van der Waals surface area contributed by atoms with Crippen LogP contribution in [0.1, 0.15) is 5.56 Å². The van der Waals surface area contributed by atoms with Crippen LogP contribution in [0.2, 0.25) is 0 Å². The van der Waals surface area contributed by atoms with Crippen LogP contribution >= 0.6 is 23.5 Å². The third kappa shape index (κ3) is 5.58. The van der Waals surface area contributed by atoms with E-state index in [1.165, 1.54) is 11.8 Å². The number of amidine groups is 1. The average molecular weight is 530 g/mol. The Bertz CT molecular complexity index is 1390. The first kappa shape index (κ1) is 25.1. The summed E-state index contributed by atoms with van der Waals surface area (Å²) in [7, 11) is 5.70. The van der Waals surface area contributed by atoms with E-state index in [0.29, 0.717) is 34.5 Å². The molecule has 1 fully saturated rings. The van der Waals surface area contributed by atoms with Gasteiger partial charge in [-0.1, -0.05) is 54.2 Å². The zero-order valence-electron chi connectivity index (χ0n) is 20.8. The number of anilines is 2. The van der Waals surface area contributed by atoms with E-state index in [1.807, 2.05) is 92.8 Å². The zero-order valence-corrected chi connectivity index (χ0v) is 22.5. The third-order valence-corrected chi connectivity index (χ3v) is 8.25. The summed E-state index contributed by atoms with van der Waals surface area (Å²) in [5.41, 5.74) is 3.54. The molecule has 2 aliphatic heterocycles. The second-order valence-electron chi connectivity index (χ2n) is 8.97. The number of amides is 2. The molecule has 1 N–H and O–H groups in total. The molecule has 0 radical (unpaired) electrons. The Balaban J connectivity index is 1.44. The van der Waals surface area contributed by atoms with Gasteiger partial charge in [0.15, 0.2) is 5.17 Å². The number of aliphatic imine (C=N–C) groups is 1. The van der Waals surface area contributed by atoms with Crippen molar-refractivity contribution in [3.8, 4) is 0 Å². The van der Waals surface area contributed by atoms with Crippen molar-refractivity contribution in [1.82, 2.24) is 9.80 Å². The lowest BCUT2D eigenvalue weighted by atomic mass is 10.2. The van der Waals surface area contributed by atoms with Crippen LogP contribution in [0.5, 0.6) is 0 Å². The number of thioether (sulfide) groups is 2. The first-order valence-corrected chi connectivity index (χ1v) is 13.4. The van der Waals surface area contributed by atoms with E-state index < -0.39 is 0 Å². The standard InChI is InChI=1S/C28H27N5O2S2/c1-31(2)18-24(34)29-20-13-15-21(16-14-20)30-28-33(17-19-9-5-4-6-10-19)26(35)25(37-28)27-32(3)22-11-7-8-12-23(22)36-27/h4-16H,17-18H2,1-3H3,(H,29,34)/b27-25-,30-28-. The molecule has 0 atom stereocenters. The number of fused-ring (bicyclic) bond motifs is 1. The van der Waals surface area contributed by atoms with Crippen LogP contribution in [0.3, 0.4) is 0 Å². The minimum atomic E-state index is -0.0782. The number of para-hydroxylation sites is 1. The fraction of sp³-hybridized carbons (Fsp3) is 0.179. The molecule has 3 aromatic rings.